The fourth-order valence-electron chi connectivity index (χ4n) is 2.65. The third-order valence-corrected chi connectivity index (χ3v) is 5.82. The van der Waals surface area contributed by atoms with Crippen molar-refractivity contribution in [1.29, 1.82) is 0 Å². The van der Waals surface area contributed by atoms with Crippen molar-refractivity contribution in [2.24, 2.45) is 0 Å². The maximum atomic E-state index is 12.4. The monoisotopic (exact) mass is 344 g/mol. The van der Waals surface area contributed by atoms with Crippen molar-refractivity contribution in [2.75, 3.05) is 29.9 Å². The molecule has 1 amide bonds. The Balaban J connectivity index is 2.00. The largest absolute Gasteiger partial charge is 0.375 e. The van der Waals surface area contributed by atoms with E-state index >= 15 is 0 Å². The van der Waals surface area contributed by atoms with Gasteiger partial charge < -0.3 is 10.2 Å². The van der Waals surface area contributed by atoms with E-state index in [4.69, 9.17) is 11.6 Å². The molecule has 2 rings (SSSR count). The van der Waals surface area contributed by atoms with Gasteiger partial charge >= 0.3 is 0 Å². The molecule has 0 spiro atoms. The van der Waals surface area contributed by atoms with Crippen molar-refractivity contribution in [1.82, 2.24) is 4.90 Å². The molecule has 1 aliphatic heterocycles. The van der Waals surface area contributed by atoms with Gasteiger partial charge in [-0.15, -0.1) is 0 Å². The van der Waals surface area contributed by atoms with Crippen LogP contribution in [0.3, 0.4) is 0 Å². The Labute approximate surface area is 136 Å². The molecule has 0 aliphatic carbocycles. The van der Waals surface area contributed by atoms with E-state index in [0.717, 1.165) is 6.42 Å². The lowest BCUT2D eigenvalue weighted by Crippen LogP contribution is -2.44. The van der Waals surface area contributed by atoms with Crippen LogP contribution in [0.1, 0.15) is 19.8 Å². The number of amides is 1. The third kappa shape index (κ3) is 4.36. The standard InChI is InChI=1S/C15H21ClN2O3S/c1-2-8-18(12-7-9-22(20,21)11-12)15(19)10-17-14-6-4-3-5-13(14)16/h3-6,12,17H,2,7-11H2,1H3. The number of nitrogens with one attached hydrogen (secondary N) is 1. The average molecular weight is 345 g/mol. The summed E-state index contributed by atoms with van der Waals surface area (Å²) in [6, 6.07) is 7.01. The Kier molecular flexibility index (Phi) is 5.69. The molecule has 1 unspecified atom stereocenters. The lowest BCUT2D eigenvalue weighted by atomic mass is 10.2. The van der Waals surface area contributed by atoms with E-state index in [2.05, 4.69) is 5.32 Å². The maximum Gasteiger partial charge on any atom is 0.242 e. The van der Waals surface area contributed by atoms with Crippen LogP contribution in [0.5, 0.6) is 0 Å². The number of anilines is 1. The molecule has 0 bridgehead atoms. The summed E-state index contributed by atoms with van der Waals surface area (Å²) in [5.74, 6) is 0.150. The molecule has 1 saturated heterocycles. The lowest BCUT2D eigenvalue weighted by molar-refractivity contribution is -0.131. The van der Waals surface area contributed by atoms with Gasteiger partial charge in [0.05, 0.1) is 28.8 Å². The van der Waals surface area contributed by atoms with E-state index < -0.39 is 9.84 Å². The Morgan fingerprint density at radius 2 is 2.14 bits per heavy atom. The molecule has 1 N–H and O–H groups in total. The molecule has 1 aromatic rings. The quantitative estimate of drug-likeness (QED) is 0.859. The van der Waals surface area contributed by atoms with Crippen molar-refractivity contribution in [2.45, 2.75) is 25.8 Å². The first kappa shape index (κ1) is 17.1. The van der Waals surface area contributed by atoms with Crippen LogP contribution in [0.4, 0.5) is 5.69 Å². The molecule has 1 heterocycles. The van der Waals surface area contributed by atoms with Gasteiger partial charge in [0.1, 0.15) is 0 Å². The highest BCUT2D eigenvalue weighted by molar-refractivity contribution is 7.91. The van der Waals surface area contributed by atoms with Gasteiger partial charge in [-0.1, -0.05) is 30.7 Å². The molecule has 0 radical (unpaired) electrons. The Hall–Kier alpha value is -1.27. The topological polar surface area (TPSA) is 66.5 Å². The smallest absolute Gasteiger partial charge is 0.242 e. The molecular formula is C15H21ClN2O3S. The highest BCUT2D eigenvalue weighted by Gasteiger charge is 2.34. The first-order valence-corrected chi connectivity index (χ1v) is 9.61. The van der Waals surface area contributed by atoms with Crippen LogP contribution in [0.15, 0.2) is 24.3 Å². The second-order valence-electron chi connectivity index (χ2n) is 5.48. The molecule has 5 nitrogen and oxygen atoms in total. The number of para-hydroxylation sites is 1. The van der Waals surface area contributed by atoms with Gasteiger partial charge in [-0.3, -0.25) is 4.79 Å². The zero-order chi connectivity index (χ0) is 16.2. The number of carbonyl (C=O) groups excluding carboxylic acids is 1. The summed E-state index contributed by atoms with van der Waals surface area (Å²) in [4.78, 5) is 14.1. The highest BCUT2D eigenvalue weighted by Crippen LogP contribution is 2.21. The summed E-state index contributed by atoms with van der Waals surface area (Å²) in [6.07, 6.45) is 1.33. The van der Waals surface area contributed by atoms with E-state index in [1.165, 1.54) is 0 Å². The first-order chi connectivity index (χ1) is 10.4. The van der Waals surface area contributed by atoms with Gasteiger partial charge in [-0.05, 0) is 25.0 Å². The fraction of sp³-hybridized carbons (Fsp3) is 0.533. The molecule has 7 heteroatoms. The summed E-state index contributed by atoms with van der Waals surface area (Å²) in [5, 5.41) is 3.58. The molecule has 1 aromatic carbocycles. The summed E-state index contributed by atoms with van der Waals surface area (Å²) in [5.41, 5.74) is 0.702. The van der Waals surface area contributed by atoms with Crippen molar-refractivity contribution >= 4 is 33.0 Å². The van der Waals surface area contributed by atoms with E-state index in [-0.39, 0.29) is 30.0 Å². The normalized spacial score (nSPS) is 19.8. The van der Waals surface area contributed by atoms with Gasteiger partial charge in [0.2, 0.25) is 5.91 Å². The van der Waals surface area contributed by atoms with E-state index in [1.54, 1.807) is 17.0 Å². The van der Waals surface area contributed by atoms with E-state index in [1.807, 2.05) is 19.1 Å². The van der Waals surface area contributed by atoms with Crippen LogP contribution < -0.4 is 5.32 Å². The predicted octanol–water partition coefficient (Wildman–Crippen LogP) is 2.18. The number of rotatable bonds is 6. The molecule has 22 heavy (non-hydrogen) atoms. The molecule has 1 atom stereocenters. The van der Waals surface area contributed by atoms with E-state index in [0.29, 0.717) is 23.7 Å². The molecule has 122 valence electrons. The van der Waals surface area contributed by atoms with Crippen LogP contribution in [0.25, 0.3) is 0 Å². The fourth-order valence-corrected chi connectivity index (χ4v) is 4.58. The summed E-state index contributed by atoms with van der Waals surface area (Å²) in [6.45, 7) is 2.66. The van der Waals surface area contributed by atoms with Crippen molar-refractivity contribution in [3.63, 3.8) is 0 Å². The zero-order valence-corrected chi connectivity index (χ0v) is 14.2. The minimum Gasteiger partial charge on any atom is -0.375 e. The van der Waals surface area contributed by atoms with Crippen molar-refractivity contribution < 1.29 is 13.2 Å². The minimum atomic E-state index is -3.00. The summed E-state index contributed by atoms with van der Waals surface area (Å²) < 4.78 is 23.3. The number of hydrogen-bond acceptors (Lipinski definition) is 4. The minimum absolute atomic E-state index is 0.0742. The SMILES string of the molecule is CCCN(C(=O)CNc1ccccc1Cl)C1CCS(=O)(=O)C1. The van der Waals surface area contributed by atoms with Crippen LogP contribution in [-0.2, 0) is 14.6 Å². The van der Waals surface area contributed by atoms with Crippen LogP contribution in [-0.4, -0.2) is 49.9 Å². The van der Waals surface area contributed by atoms with Gasteiger partial charge in [-0.2, -0.15) is 0 Å². The van der Waals surface area contributed by atoms with Crippen molar-refractivity contribution in [3.05, 3.63) is 29.3 Å². The van der Waals surface area contributed by atoms with E-state index in [9.17, 15) is 13.2 Å². The number of hydrogen-bond donors (Lipinski definition) is 1. The van der Waals surface area contributed by atoms with Crippen LogP contribution in [0.2, 0.25) is 5.02 Å². The number of benzene rings is 1. The number of nitrogens with zero attached hydrogens (tertiary/aromatic N) is 1. The number of halogens is 1. The van der Waals surface area contributed by atoms with Gasteiger partial charge in [-0.25, -0.2) is 8.42 Å². The first-order valence-electron chi connectivity index (χ1n) is 7.41. The molecule has 0 aromatic heterocycles. The predicted molar refractivity (Wildman–Crippen MR) is 89.0 cm³/mol. The van der Waals surface area contributed by atoms with Crippen LogP contribution in [0, 0.1) is 0 Å². The second kappa shape index (κ2) is 7.33. The molecule has 0 saturated carbocycles. The van der Waals surface area contributed by atoms with Gasteiger partial charge in [0, 0.05) is 12.6 Å². The van der Waals surface area contributed by atoms with Crippen LogP contribution >= 0.6 is 11.6 Å². The zero-order valence-electron chi connectivity index (χ0n) is 12.6. The third-order valence-electron chi connectivity index (χ3n) is 3.74. The Bertz CT molecular complexity index is 633. The average Bonchev–Trinajstić information content (AvgIpc) is 2.83. The van der Waals surface area contributed by atoms with Crippen molar-refractivity contribution in [3.8, 4) is 0 Å². The maximum absolute atomic E-state index is 12.4. The molecular weight excluding hydrogens is 324 g/mol. The number of sulfone groups is 1. The number of carbonyl (C=O) groups is 1. The second-order valence-corrected chi connectivity index (χ2v) is 8.11. The summed E-state index contributed by atoms with van der Waals surface area (Å²) in [7, 11) is -3.00. The molecule has 1 aliphatic rings. The molecule has 1 fully saturated rings. The van der Waals surface area contributed by atoms with Gasteiger partial charge in [0.15, 0.2) is 9.84 Å². The lowest BCUT2D eigenvalue weighted by Gasteiger charge is -2.28. The highest BCUT2D eigenvalue weighted by atomic mass is 35.5. The Morgan fingerprint density at radius 3 is 2.73 bits per heavy atom. The summed E-state index contributed by atoms with van der Waals surface area (Å²) >= 11 is 6.05. The Morgan fingerprint density at radius 1 is 1.41 bits per heavy atom. The van der Waals surface area contributed by atoms with Gasteiger partial charge in [0.25, 0.3) is 0 Å².